The Labute approximate surface area is 105 Å². The minimum atomic E-state index is -3.43. The average molecular weight is 280 g/mol. The van der Waals surface area contributed by atoms with Gasteiger partial charge in [0.2, 0.25) is 10.0 Å². The number of hydrogen-bond acceptors (Lipinski definition) is 2. The number of sulfonamides is 1. The molecule has 0 aliphatic carbocycles. The number of alkyl halides is 1. The van der Waals surface area contributed by atoms with Gasteiger partial charge in [-0.05, 0) is 24.6 Å². The molecule has 0 bridgehead atoms. The Morgan fingerprint density at radius 3 is 2.69 bits per heavy atom. The summed E-state index contributed by atoms with van der Waals surface area (Å²) in [7, 11) is -3.43. The van der Waals surface area contributed by atoms with Crippen LogP contribution in [0.25, 0.3) is 0 Å². The molecule has 6 heteroatoms. The van der Waals surface area contributed by atoms with E-state index in [-0.39, 0.29) is 10.3 Å². The Morgan fingerprint density at radius 1 is 1.38 bits per heavy atom. The molecule has 2 rings (SSSR count). The monoisotopic (exact) mass is 279 g/mol. The Morgan fingerprint density at radius 2 is 2.12 bits per heavy atom. The molecule has 1 fully saturated rings. The minimum absolute atomic E-state index is 0.0889. The maximum atomic E-state index is 12.1. The van der Waals surface area contributed by atoms with Gasteiger partial charge in [-0.1, -0.05) is 17.7 Å². The molecule has 1 aliphatic rings. The van der Waals surface area contributed by atoms with E-state index >= 15 is 0 Å². The Kier molecular flexibility index (Phi) is 3.45. The van der Waals surface area contributed by atoms with E-state index in [9.17, 15) is 8.42 Å². The standard InChI is InChI=1S/C10H11Cl2NO2S/c11-8-2-1-3-10(6-8)16(14,15)13-5-4-9(12)7-13/h1-3,6,9H,4-5,7H2. The molecule has 16 heavy (non-hydrogen) atoms. The Hall–Kier alpha value is -0.290. The van der Waals surface area contributed by atoms with E-state index in [0.717, 1.165) is 0 Å². The molecular weight excluding hydrogens is 269 g/mol. The Balaban J connectivity index is 2.32. The molecule has 0 radical (unpaired) electrons. The van der Waals surface area contributed by atoms with E-state index in [4.69, 9.17) is 23.2 Å². The van der Waals surface area contributed by atoms with Gasteiger partial charge in [-0.15, -0.1) is 11.6 Å². The average Bonchev–Trinajstić information content (AvgIpc) is 2.65. The third-order valence-electron chi connectivity index (χ3n) is 2.53. The number of benzene rings is 1. The SMILES string of the molecule is O=S(=O)(c1cccc(Cl)c1)N1CCC(Cl)C1. The fourth-order valence-corrected chi connectivity index (χ4v) is 3.83. The van der Waals surface area contributed by atoms with Crippen molar-refractivity contribution in [3.05, 3.63) is 29.3 Å². The fraction of sp³-hybridized carbons (Fsp3) is 0.400. The first kappa shape index (κ1) is 12.2. The van der Waals surface area contributed by atoms with Crippen LogP contribution in [0.3, 0.4) is 0 Å². The van der Waals surface area contributed by atoms with Crippen molar-refractivity contribution in [2.75, 3.05) is 13.1 Å². The van der Waals surface area contributed by atoms with E-state index in [1.807, 2.05) is 0 Å². The molecule has 1 aliphatic heterocycles. The van der Waals surface area contributed by atoms with Gasteiger partial charge in [0.15, 0.2) is 0 Å². The second kappa shape index (κ2) is 4.53. The summed E-state index contributed by atoms with van der Waals surface area (Å²) in [5.41, 5.74) is 0. The summed E-state index contributed by atoms with van der Waals surface area (Å²) in [5, 5.41) is 0.330. The van der Waals surface area contributed by atoms with Crippen molar-refractivity contribution in [3.8, 4) is 0 Å². The summed E-state index contributed by atoms with van der Waals surface area (Å²) in [6.45, 7) is 0.847. The molecule has 1 aromatic rings. The summed E-state index contributed by atoms with van der Waals surface area (Å²) < 4.78 is 25.7. The number of halogens is 2. The van der Waals surface area contributed by atoms with Crippen LogP contribution in [0.15, 0.2) is 29.2 Å². The number of rotatable bonds is 2. The molecule has 1 saturated heterocycles. The van der Waals surface area contributed by atoms with E-state index in [1.54, 1.807) is 18.2 Å². The van der Waals surface area contributed by atoms with Gasteiger partial charge in [-0.25, -0.2) is 8.42 Å². The predicted molar refractivity (Wildman–Crippen MR) is 64.5 cm³/mol. The lowest BCUT2D eigenvalue weighted by Gasteiger charge is -2.15. The Bertz CT molecular complexity index is 489. The zero-order valence-electron chi connectivity index (χ0n) is 8.44. The summed E-state index contributed by atoms with van der Waals surface area (Å²) in [6, 6.07) is 6.28. The lowest BCUT2D eigenvalue weighted by molar-refractivity contribution is 0.478. The second-order valence-electron chi connectivity index (χ2n) is 3.71. The molecule has 0 spiro atoms. The second-order valence-corrected chi connectivity index (χ2v) is 6.70. The van der Waals surface area contributed by atoms with Crippen LogP contribution in [0.2, 0.25) is 5.02 Å². The van der Waals surface area contributed by atoms with Crippen molar-refractivity contribution >= 4 is 33.2 Å². The summed E-state index contributed by atoms with van der Waals surface area (Å²) >= 11 is 11.7. The smallest absolute Gasteiger partial charge is 0.207 e. The maximum absolute atomic E-state index is 12.1. The summed E-state index contributed by atoms with van der Waals surface area (Å²) in [4.78, 5) is 0.228. The van der Waals surface area contributed by atoms with Gasteiger partial charge in [0.1, 0.15) is 0 Å². The predicted octanol–water partition coefficient (Wildman–Crippen LogP) is 2.34. The quantitative estimate of drug-likeness (QED) is 0.780. The van der Waals surface area contributed by atoms with Crippen LogP contribution in [0.5, 0.6) is 0 Å². The van der Waals surface area contributed by atoms with E-state index < -0.39 is 10.0 Å². The van der Waals surface area contributed by atoms with Crippen molar-refractivity contribution in [3.63, 3.8) is 0 Å². The molecule has 88 valence electrons. The normalized spacial score (nSPS) is 22.5. The van der Waals surface area contributed by atoms with E-state index in [2.05, 4.69) is 0 Å². The molecule has 3 nitrogen and oxygen atoms in total. The van der Waals surface area contributed by atoms with Gasteiger partial charge in [-0.3, -0.25) is 0 Å². The number of nitrogens with zero attached hydrogens (tertiary/aromatic N) is 1. The highest BCUT2D eigenvalue weighted by Crippen LogP contribution is 2.24. The molecule has 1 unspecified atom stereocenters. The lowest BCUT2D eigenvalue weighted by Crippen LogP contribution is -2.28. The first-order valence-electron chi connectivity index (χ1n) is 4.90. The van der Waals surface area contributed by atoms with Crippen LogP contribution >= 0.6 is 23.2 Å². The highest BCUT2D eigenvalue weighted by Gasteiger charge is 2.31. The molecule has 0 aromatic heterocycles. The van der Waals surface area contributed by atoms with Crippen LogP contribution in [-0.4, -0.2) is 31.2 Å². The van der Waals surface area contributed by atoms with Crippen LogP contribution in [0.1, 0.15) is 6.42 Å². The topological polar surface area (TPSA) is 37.4 Å². The fourth-order valence-electron chi connectivity index (χ4n) is 1.68. The van der Waals surface area contributed by atoms with Gasteiger partial charge in [-0.2, -0.15) is 4.31 Å². The summed E-state index contributed by atoms with van der Waals surface area (Å²) in [5.74, 6) is 0. The van der Waals surface area contributed by atoms with Crippen LogP contribution in [0, 0.1) is 0 Å². The molecular formula is C10H11Cl2NO2S. The van der Waals surface area contributed by atoms with Crippen molar-refractivity contribution in [1.82, 2.24) is 4.31 Å². The van der Waals surface area contributed by atoms with Crippen molar-refractivity contribution in [1.29, 1.82) is 0 Å². The van der Waals surface area contributed by atoms with Crippen LogP contribution in [-0.2, 0) is 10.0 Å². The van der Waals surface area contributed by atoms with Crippen LogP contribution in [0.4, 0.5) is 0 Å². The molecule has 0 saturated carbocycles. The number of hydrogen-bond donors (Lipinski definition) is 0. The molecule has 1 atom stereocenters. The zero-order chi connectivity index (χ0) is 11.8. The zero-order valence-corrected chi connectivity index (χ0v) is 10.8. The molecule has 1 aromatic carbocycles. The first-order chi connectivity index (χ1) is 7.50. The molecule has 0 amide bonds. The van der Waals surface area contributed by atoms with E-state index in [0.29, 0.717) is 24.5 Å². The van der Waals surface area contributed by atoms with E-state index in [1.165, 1.54) is 10.4 Å². The highest BCUT2D eigenvalue weighted by molar-refractivity contribution is 7.89. The van der Waals surface area contributed by atoms with Gasteiger partial charge in [0.25, 0.3) is 0 Å². The van der Waals surface area contributed by atoms with Crippen molar-refractivity contribution < 1.29 is 8.42 Å². The highest BCUT2D eigenvalue weighted by atomic mass is 35.5. The largest absolute Gasteiger partial charge is 0.243 e. The molecule has 0 N–H and O–H groups in total. The van der Waals surface area contributed by atoms with Gasteiger partial charge in [0, 0.05) is 23.5 Å². The van der Waals surface area contributed by atoms with Gasteiger partial charge < -0.3 is 0 Å². The minimum Gasteiger partial charge on any atom is -0.207 e. The summed E-state index contributed by atoms with van der Waals surface area (Å²) in [6.07, 6.45) is 0.696. The molecule has 1 heterocycles. The van der Waals surface area contributed by atoms with Crippen molar-refractivity contribution in [2.45, 2.75) is 16.7 Å². The third kappa shape index (κ3) is 2.35. The third-order valence-corrected chi connectivity index (χ3v) is 4.98. The lowest BCUT2D eigenvalue weighted by atomic mass is 10.4. The van der Waals surface area contributed by atoms with Gasteiger partial charge >= 0.3 is 0 Å². The van der Waals surface area contributed by atoms with Crippen LogP contribution < -0.4 is 0 Å². The van der Waals surface area contributed by atoms with Gasteiger partial charge in [0.05, 0.1) is 4.90 Å². The van der Waals surface area contributed by atoms with Crippen molar-refractivity contribution in [2.24, 2.45) is 0 Å². The maximum Gasteiger partial charge on any atom is 0.243 e. The first-order valence-corrected chi connectivity index (χ1v) is 7.15.